The fourth-order valence-corrected chi connectivity index (χ4v) is 2.39. The summed E-state index contributed by atoms with van der Waals surface area (Å²) in [6.45, 7) is 0.0804. The molecule has 8 heteroatoms. The molecule has 0 aromatic heterocycles. The van der Waals surface area contributed by atoms with E-state index in [4.69, 9.17) is 41.7 Å². The third-order valence-corrected chi connectivity index (χ3v) is 3.37. The first kappa shape index (κ1) is 14.0. The van der Waals surface area contributed by atoms with Gasteiger partial charge in [0.05, 0.1) is 11.6 Å². The van der Waals surface area contributed by atoms with E-state index in [1.165, 1.54) is 0 Å². The highest BCUT2D eigenvalue weighted by atomic mass is 35.5. The maximum Gasteiger partial charge on any atom is 0.372 e. The zero-order valence-electron chi connectivity index (χ0n) is 9.12. The average Bonchev–Trinajstić information content (AvgIpc) is 2.36. The Bertz CT molecular complexity index is 430. The van der Waals surface area contributed by atoms with E-state index in [0.29, 0.717) is 10.8 Å². The van der Waals surface area contributed by atoms with E-state index in [-0.39, 0.29) is 12.7 Å². The Hall–Kier alpha value is -0.420. The molecule has 3 unspecified atom stereocenters. The molecule has 99 valence electrons. The van der Waals surface area contributed by atoms with Crippen molar-refractivity contribution in [3.63, 3.8) is 0 Å². The number of rotatable bonds is 4. The van der Waals surface area contributed by atoms with Gasteiger partial charge < -0.3 is 9.47 Å². The van der Waals surface area contributed by atoms with Crippen LogP contribution in [0.5, 0.6) is 5.75 Å². The Labute approximate surface area is 115 Å². The van der Waals surface area contributed by atoms with Gasteiger partial charge in [-0.2, -0.15) is 0 Å². The molecule has 0 saturated carbocycles. The third kappa shape index (κ3) is 3.54. The summed E-state index contributed by atoms with van der Waals surface area (Å²) >= 11 is 11.4. The SMILES string of the molecule is O=[P]1OCC(OCCl)C(Oc2ccccc2Cl)O1. The van der Waals surface area contributed by atoms with Gasteiger partial charge in [0.15, 0.2) is 0 Å². The summed E-state index contributed by atoms with van der Waals surface area (Å²) in [5.74, 6) is 0.414. The van der Waals surface area contributed by atoms with Crippen LogP contribution < -0.4 is 4.74 Å². The monoisotopic (exact) mass is 311 g/mol. The molecule has 18 heavy (non-hydrogen) atoms. The predicted octanol–water partition coefficient (Wildman–Crippen LogP) is 3.33. The lowest BCUT2D eigenvalue weighted by Gasteiger charge is -2.29. The number of hydrogen-bond acceptors (Lipinski definition) is 5. The van der Waals surface area contributed by atoms with Crippen molar-refractivity contribution in [1.29, 1.82) is 0 Å². The van der Waals surface area contributed by atoms with E-state index in [1.807, 2.05) is 0 Å². The Morgan fingerprint density at radius 3 is 2.94 bits per heavy atom. The number of benzene rings is 1. The van der Waals surface area contributed by atoms with Gasteiger partial charge in [0.2, 0.25) is 6.29 Å². The molecule has 1 radical (unpaired) electrons. The average molecular weight is 312 g/mol. The topological polar surface area (TPSA) is 54.0 Å². The van der Waals surface area contributed by atoms with Gasteiger partial charge in [0, 0.05) is 0 Å². The highest BCUT2D eigenvalue weighted by Crippen LogP contribution is 2.36. The number of halogens is 2. The minimum absolute atomic E-state index is 0.0451. The quantitative estimate of drug-likeness (QED) is 0.630. The lowest BCUT2D eigenvalue weighted by Crippen LogP contribution is -2.40. The Morgan fingerprint density at radius 1 is 1.44 bits per heavy atom. The summed E-state index contributed by atoms with van der Waals surface area (Å²) in [6.07, 6.45) is -1.44. The van der Waals surface area contributed by atoms with Crippen molar-refractivity contribution in [2.24, 2.45) is 0 Å². The number of hydrogen-bond donors (Lipinski definition) is 0. The van der Waals surface area contributed by atoms with E-state index < -0.39 is 20.6 Å². The van der Waals surface area contributed by atoms with Gasteiger partial charge in [-0.05, 0) is 12.1 Å². The molecule has 0 bridgehead atoms. The van der Waals surface area contributed by atoms with Crippen LogP contribution in [0.4, 0.5) is 0 Å². The zero-order chi connectivity index (χ0) is 13.0. The van der Waals surface area contributed by atoms with Gasteiger partial charge in [-0.1, -0.05) is 35.3 Å². The van der Waals surface area contributed by atoms with Crippen LogP contribution in [-0.4, -0.2) is 25.1 Å². The summed E-state index contributed by atoms with van der Waals surface area (Å²) in [5.41, 5.74) is 0. The van der Waals surface area contributed by atoms with Gasteiger partial charge >= 0.3 is 8.25 Å². The molecular formula is C10H10Cl2O5P. The third-order valence-electron chi connectivity index (χ3n) is 2.19. The van der Waals surface area contributed by atoms with Crippen molar-refractivity contribution < 1.29 is 23.1 Å². The minimum atomic E-state index is -2.22. The van der Waals surface area contributed by atoms with Crippen LogP contribution in [0.25, 0.3) is 0 Å². The Morgan fingerprint density at radius 2 is 2.22 bits per heavy atom. The lowest BCUT2D eigenvalue weighted by molar-refractivity contribution is -0.142. The first-order valence-electron chi connectivity index (χ1n) is 5.06. The number of ether oxygens (including phenoxy) is 2. The van der Waals surface area contributed by atoms with Crippen LogP contribution >= 0.6 is 31.5 Å². The van der Waals surface area contributed by atoms with Gasteiger partial charge in [0.25, 0.3) is 0 Å². The van der Waals surface area contributed by atoms with Crippen LogP contribution in [-0.2, 0) is 18.3 Å². The largest absolute Gasteiger partial charge is 0.460 e. The highest BCUT2D eigenvalue weighted by Gasteiger charge is 2.34. The van der Waals surface area contributed by atoms with E-state index in [0.717, 1.165) is 0 Å². The molecule has 2 rings (SSSR count). The summed E-state index contributed by atoms with van der Waals surface area (Å²) in [4.78, 5) is 0. The van der Waals surface area contributed by atoms with Crippen LogP contribution in [0.1, 0.15) is 0 Å². The van der Waals surface area contributed by atoms with Crippen LogP contribution in [0.3, 0.4) is 0 Å². The summed E-state index contributed by atoms with van der Waals surface area (Å²) < 4.78 is 31.8. The van der Waals surface area contributed by atoms with Crippen LogP contribution in [0.15, 0.2) is 24.3 Å². The van der Waals surface area contributed by atoms with Crippen LogP contribution in [0.2, 0.25) is 5.02 Å². The van der Waals surface area contributed by atoms with Gasteiger partial charge in [0.1, 0.15) is 17.9 Å². The number of alkyl halides is 1. The Kier molecular flexibility index (Phi) is 5.18. The van der Waals surface area contributed by atoms with Crippen molar-refractivity contribution in [2.45, 2.75) is 12.4 Å². The summed E-state index contributed by atoms with van der Waals surface area (Å²) in [7, 11) is -2.22. The zero-order valence-corrected chi connectivity index (χ0v) is 11.5. The van der Waals surface area contributed by atoms with E-state index >= 15 is 0 Å². The second-order valence-electron chi connectivity index (χ2n) is 3.36. The van der Waals surface area contributed by atoms with Gasteiger partial charge in [-0.25, -0.2) is 9.09 Å². The van der Waals surface area contributed by atoms with E-state index in [1.54, 1.807) is 24.3 Å². The lowest BCUT2D eigenvalue weighted by atomic mass is 10.3. The van der Waals surface area contributed by atoms with Crippen LogP contribution in [0, 0.1) is 0 Å². The molecule has 1 aromatic carbocycles. The van der Waals surface area contributed by atoms with Crippen molar-refractivity contribution in [1.82, 2.24) is 0 Å². The molecule has 3 atom stereocenters. The first-order valence-corrected chi connectivity index (χ1v) is 7.07. The van der Waals surface area contributed by atoms with Gasteiger partial charge in [-0.15, -0.1) is 0 Å². The standard InChI is InChI=1S/C10H10Cl2O5P/c11-6-14-9-5-15-18(13)17-10(9)16-8-4-2-1-3-7(8)12/h1-4,9-10H,5-6H2. The molecule has 1 aliphatic heterocycles. The Balaban J connectivity index is 2.09. The van der Waals surface area contributed by atoms with Gasteiger partial charge in [-0.3, -0.25) is 4.52 Å². The second kappa shape index (κ2) is 6.66. The minimum Gasteiger partial charge on any atom is -0.460 e. The molecular weight excluding hydrogens is 302 g/mol. The van der Waals surface area contributed by atoms with E-state index in [9.17, 15) is 4.57 Å². The van der Waals surface area contributed by atoms with Crippen molar-refractivity contribution >= 4 is 31.5 Å². The molecule has 1 aliphatic rings. The molecule has 5 nitrogen and oxygen atoms in total. The molecule has 0 spiro atoms. The maximum absolute atomic E-state index is 11.2. The molecule has 1 aromatic rings. The summed E-state index contributed by atoms with van der Waals surface area (Å²) in [5, 5.41) is 0.424. The van der Waals surface area contributed by atoms with E-state index in [2.05, 4.69) is 0 Å². The highest BCUT2D eigenvalue weighted by molar-refractivity contribution is 7.33. The molecule has 0 aliphatic carbocycles. The fourth-order valence-electron chi connectivity index (χ4n) is 1.37. The maximum atomic E-state index is 11.2. The molecule has 1 heterocycles. The van der Waals surface area contributed by atoms with Crippen molar-refractivity contribution in [2.75, 3.05) is 12.7 Å². The van der Waals surface area contributed by atoms with Crippen molar-refractivity contribution in [3.05, 3.63) is 29.3 Å². The number of para-hydroxylation sites is 1. The van der Waals surface area contributed by atoms with Crippen molar-refractivity contribution in [3.8, 4) is 5.75 Å². The first-order chi connectivity index (χ1) is 8.70. The smallest absolute Gasteiger partial charge is 0.372 e. The molecule has 0 amide bonds. The predicted molar refractivity (Wildman–Crippen MR) is 66.1 cm³/mol. The molecule has 1 fully saturated rings. The fraction of sp³-hybridized carbons (Fsp3) is 0.400. The summed E-state index contributed by atoms with van der Waals surface area (Å²) in [6, 6.07) is 6.83. The molecule has 0 N–H and O–H groups in total. The second-order valence-corrected chi connectivity index (χ2v) is 4.90. The molecule has 1 saturated heterocycles. The normalized spacial score (nSPS) is 26.0.